The van der Waals surface area contributed by atoms with Crippen LogP contribution in [0.1, 0.15) is 51.9 Å². The Morgan fingerprint density at radius 3 is 2.75 bits per heavy atom. The van der Waals surface area contributed by atoms with Crippen LogP contribution in [-0.2, 0) is 14.3 Å². The Morgan fingerprint density at radius 2 is 2.04 bits per heavy atom. The zero-order valence-corrected chi connectivity index (χ0v) is 14.4. The third-order valence-electron chi connectivity index (χ3n) is 5.57. The van der Waals surface area contributed by atoms with E-state index in [4.69, 9.17) is 4.74 Å². The van der Waals surface area contributed by atoms with E-state index in [-0.39, 0.29) is 23.8 Å². The Bertz CT molecular complexity index is 516. The summed E-state index contributed by atoms with van der Waals surface area (Å²) in [6.45, 7) is 4.05. The molecule has 0 bridgehead atoms. The molecule has 3 amide bonds. The third kappa shape index (κ3) is 3.27. The number of imide groups is 1. The zero-order chi connectivity index (χ0) is 17.2. The highest BCUT2D eigenvalue weighted by Crippen LogP contribution is 2.33. The molecule has 2 N–H and O–H groups in total. The number of carbonyl (C=O) groups excluding carboxylic acids is 3. The Labute approximate surface area is 142 Å². The van der Waals surface area contributed by atoms with Gasteiger partial charge in [-0.25, -0.2) is 9.69 Å². The monoisotopic (exact) mass is 338 g/mol. The summed E-state index contributed by atoms with van der Waals surface area (Å²) in [5.74, 6) is -0.355. The van der Waals surface area contributed by atoms with E-state index in [0.717, 1.165) is 56.4 Å². The van der Waals surface area contributed by atoms with E-state index in [1.54, 1.807) is 0 Å². The molecule has 3 rings (SSSR count). The van der Waals surface area contributed by atoms with Crippen molar-refractivity contribution in [3.63, 3.8) is 0 Å². The first-order valence-corrected chi connectivity index (χ1v) is 9.20. The number of rotatable bonds is 4. The fourth-order valence-electron chi connectivity index (χ4n) is 4.29. The number of piperidine rings is 1. The minimum atomic E-state index is -0.662. The van der Waals surface area contributed by atoms with Crippen LogP contribution < -0.4 is 10.2 Å². The largest absolute Gasteiger partial charge is 0.466 e. The highest BCUT2D eigenvalue weighted by Gasteiger charge is 2.52. The minimum Gasteiger partial charge on any atom is -0.466 e. The van der Waals surface area contributed by atoms with Gasteiger partial charge in [0.25, 0.3) is 5.91 Å². The number of hydrogen-bond acceptors (Lipinski definition) is 4. The number of hydrogen-bond donors (Lipinski definition) is 2. The third-order valence-corrected chi connectivity index (χ3v) is 5.57. The van der Waals surface area contributed by atoms with Gasteiger partial charge in [0, 0.05) is 0 Å². The standard InChI is InChI=1S/C17H27N3O4/c1-2-24-14(21)13-7-6-10-19(11-13)12-20-15(22)17(18-16(20)23)8-4-3-5-9-17/h13H,2-12H2,1H3,(H,18,23)/p+1/t13-/m1/s1. The van der Waals surface area contributed by atoms with Crippen molar-refractivity contribution in [2.75, 3.05) is 26.4 Å². The fourth-order valence-corrected chi connectivity index (χ4v) is 4.29. The molecule has 24 heavy (non-hydrogen) atoms. The van der Waals surface area contributed by atoms with Crippen LogP contribution in [0.4, 0.5) is 4.79 Å². The van der Waals surface area contributed by atoms with Crippen LogP contribution in [0.5, 0.6) is 0 Å². The number of esters is 1. The Kier molecular flexibility index (Phi) is 5.08. The van der Waals surface area contributed by atoms with E-state index in [1.807, 2.05) is 6.92 Å². The van der Waals surface area contributed by atoms with Crippen molar-refractivity contribution in [2.45, 2.75) is 57.4 Å². The molecular weight excluding hydrogens is 310 g/mol. The number of urea groups is 1. The zero-order valence-electron chi connectivity index (χ0n) is 14.4. The number of likely N-dealkylation sites (tertiary alicyclic amines) is 1. The number of amides is 3. The maximum atomic E-state index is 12.8. The van der Waals surface area contributed by atoms with Crippen molar-refractivity contribution >= 4 is 17.9 Å². The van der Waals surface area contributed by atoms with E-state index in [1.165, 1.54) is 4.90 Å². The van der Waals surface area contributed by atoms with Gasteiger partial charge in [-0.1, -0.05) is 19.3 Å². The maximum Gasteiger partial charge on any atom is 0.329 e. The first-order valence-electron chi connectivity index (χ1n) is 9.20. The van der Waals surface area contributed by atoms with Crippen molar-refractivity contribution in [3.8, 4) is 0 Å². The topological polar surface area (TPSA) is 80.2 Å². The molecule has 0 aromatic rings. The van der Waals surface area contributed by atoms with Gasteiger partial charge in [0.1, 0.15) is 11.5 Å². The average Bonchev–Trinajstić information content (AvgIpc) is 2.80. The van der Waals surface area contributed by atoms with Crippen LogP contribution in [0.3, 0.4) is 0 Å². The van der Waals surface area contributed by atoms with Gasteiger partial charge in [-0.05, 0) is 32.6 Å². The first-order chi connectivity index (χ1) is 11.6. The second kappa shape index (κ2) is 7.09. The molecular formula is C17H28N3O4+. The molecule has 3 fully saturated rings. The molecule has 2 heterocycles. The second-order valence-corrected chi connectivity index (χ2v) is 7.26. The summed E-state index contributed by atoms with van der Waals surface area (Å²) in [6.07, 6.45) is 6.33. The number of ether oxygens (including phenoxy) is 1. The lowest BCUT2D eigenvalue weighted by molar-refractivity contribution is -0.914. The van der Waals surface area contributed by atoms with Crippen LogP contribution in [0.2, 0.25) is 0 Å². The van der Waals surface area contributed by atoms with Gasteiger partial charge in [0.2, 0.25) is 0 Å². The van der Waals surface area contributed by atoms with Crippen LogP contribution in [0.25, 0.3) is 0 Å². The molecule has 1 saturated carbocycles. The van der Waals surface area contributed by atoms with Crippen LogP contribution in [0, 0.1) is 5.92 Å². The summed E-state index contributed by atoms with van der Waals surface area (Å²) in [4.78, 5) is 39.6. The molecule has 0 aromatic heterocycles. The fraction of sp³-hybridized carbons (Fsp3) is 0.824. The quantitative estimate of drug-likeness (QED) is 0.561. The van der Waals surface area contributed by atoms with Gasteiger partial charge >= 0.3 is 12.0 Å². The summed E-state index contributed by atoms with van der Waals surface area (Å²) in [7, 11) is 0. The molecule has 1 unspecified atom stereocenters. The van der Waals surface area contributed by atoms with Crippen molar-refractivity contribution in [1.29, 1.82) is 0 Å². The van der Waals surface area contributed by atoms with Gasteiger partial charge in [-0.15, -0.1) is 0 Å². The molecule has 0 radical (unpaired) electrons. The van der Waals surface area contributed by atoms with E-state index in [0.29, 0.717) is 19.8 Å². The lowest BCUT2D eigenvalue weighted by Crippen LogP contribution is -3.15. The smallest absolute Gasteiger partial charge is 0.329 e. The SMILES string of the molecule is CCOC(=O)[C@@H]1CCC[NH+](CN2C(=O)NC3(CCCCC3)C2=O)C1. The van der Waals surface area contributed by atoms with Crippen molar-refractivity contribution in [3.05, 3.63) is 0 Å². The van der Waals surface area contributed by atoms with Crippen molar-refractivity contribution < 1.29 is 24.0 Å². The number of quaternary nitrogens is 1. The van der Waals surface area contributed by atoms with Gasteiger partial charge in [0.05, 0.1) is 19.7 Å². The number of nitrogens with one attached hydrogen (secondary N) is 2. The van der Waals surface area contributed by atoms with Gasteiger partial charge < -0.3 is 15.0 Å². The van der Waals surface area contributed by atoms with Crippen molar-refractivity contribution in [1.82, 2.24) is 10.2 Å². The predicted octanol–water partition coefficient (Wildman–Crippen LogP) is 0.0566. The molecule has 7 heteroatoms. The average molecular weight is 338 g/mol. The number of nitrogens with zero attached hydrogens (tertiary/aromatic N) is 1. The Hall–Kier alpha value is -1.63. The lowest BCUT2D eigenvalue weighted by Gasteiger charge is -2.32. The molecule has 1 aliphatic carbocycles. The second-order valence-electron chi connectivity index (χ2n) is 7.26. The van der Waals surface area contributed by atoms with Gasteiger partial charge in [-0.3, -0.25) is 9.59 Å². The predicted molar refractivity (Wildman–Crippen MR) is 86.1 cm³/mol. The highest BCUT2D eigenvalue weighted by atomic mass is 16.5. The van der Waals surface area contributed by atoms with Gasteiger partial charge in [0.15, 0.2) is 6.67 Å². The maximum absolute atomic E-state index is 12.8. The lowest BCUT2D eigenvalue weighted by atomic mass is 9.82. The molecule has 0 aromatic carbocycles. The van der Waals surface area contributed by atoms with Crippen LogP contribution in [0.15, 0.2) is 0 Å². The molecule has 3 aliphatic rings. The Morgan fingerprint density at radius 1 is 1.29 bits per heavy atom. The highest BCUT2D eigenvalue weighted by molar-refractivity contribution is 6.06. The van der Waals surface area contributed by atoms with Crippen molar-refractivity contribution in [2.24, 2.45) is 5.92 Å². The van der Waals surface area contributed by atoms with Crippen LogP contribution >= 0.6 is 0 Å². The normalized spacial score (nSPS) is 29.6. The molecule has 2 atom stereocenters. The summed E-state index contributed by atoms with van der Waals surface area (Å²) in [6, 6.07) is -0.271. The minimum absolute atomic E-state index is 0.0713. The summed E-state index contributed by atoms with van der Waals surface area (Å²) >= 11 is 0. The molecule has 1 spiro atoms. The molecule has 7 nitrogen and oxygen atoms in total. The number of carbonyl (C=O) groups is 3. The van der Waals surface area contributed by atoms with E-state index < -0.39 is 5.54 Å². The first kappa shape index (κ1) is 17.2. The molecule has 2 aliphatic heterocycles. The van der Waals surface area contributed by atoms with E-state index in [9.17, 15) is 14.4 Å². The molecule has 2 saturated heterocycles. The summed E-state index contributed by atoms with van der Waals surface area (Å²) < 4.78 is 5.12. The van der Waals surface area contributed by atoms with E-state index in [2.05, 4.69) is 5.32 Å². The molecule has 134 valence electrons. The van der Waals surface area contributed by atoms with Gasteiger partial charge in [-0.2, -0.15) is 0 Å². The van der Waals surface area contributed by atoms with Crippen LogP contribution in [-0.4, -0.2) is 54.7 Å². The van der Waals surface area contributed by atoms with E-state index >= 15 is 0 Å². The Balaban J connectivity index is 1.62. The summed E-state index contributed by atoms with van der Waals surface area (Å²) in [5.41, 5.74) is -0.662. The summed E-state index contributed by atoms with van der Waals surface area (Å²) in [5, 5.41) is 2.95.